The number of carbonyl (C=O) groups excluding carboxylic acids is 1. The molecule has 2 unspecified atom stereocenters. The number of carboxylic acid groups (broad SMARTS) is 1. The molecule has 0 bridgehead atoms. The van der Waals surface area contributed by atoms with E-state index in [1.54, 1.807) is 0 Å². The number of aliphatic carboxylic acids is 1. The Labute approximate surface area is 122 Å². The quantitative estimate of drug-likeness (QED) is 0.743. The molecule has 1 saturated carbocycles. The monoisotopic (exact) mass is 294 g/mol. The first-order valence-corrected chi connectivity index (χ1v) is 7.07. The van der Waals surface area contributed by atoms with Gasteiger partial charge >= 0.3 is 5.97 Å². The van der Waals surface area contributed by atoms with Gasteiger partial charge in [0.1, 0.15) is 5.82 Å². The van der Waals surface area contributed by atoms with Gasteiger partial charge in [0, 0.05) is 11.7 Å². The highest BCUT2D eigenvalue weighted by Gasteiger charge is 2.30. The van der Waals surface area contributed by atoms with E-state index in [9.17, 15) is 19.1 Å². The zero-order chi connectivity index (χ0) is 15.4. The van der Waals surface area contributed by atoms with Gasteiger partial charge in [0.2, 0.25) is 0 Å². The maximum Gasteiger partial charge on any atom is 0.308 e. The first kappa shape index (κ1) is 15.3. The standard InChI is InChI=1S/C15H19FN2O3/c16-9-6-7-13(11(8-9)14(17)19)18-12-5-3-1-2-4-10(12)15(20)21/h6-8,10,12,18H,1-5H2,(H2,17,19)(H,20,21). The summed E-state index contributed by atoms with van der Waals surface area (Å²) in [7, 11) is 0. The fraction of sp³-hybridized carbons (Fsp3) is 0.467. The molecule has 1 aliphatic carbocycles. The molecule has 1 amide bonds. The molecule has 5 nitrogen and oxygen atoms in total. The summed E-state index contributed by atoms with van der Waals surface area (Å²) in [6, 6.07) is 3.44. The molecule has 4 N–H and O–H groups in total. The maximum atomic E-state index is 13.2. The topological polar surface area (TPSA) is 92.4 Å². The summed E-state index contributed by atoms with van der Waals surface area (Å²) in [5, 5.41) is 12.4. The second-order valence-electron chi connectivity index (χ2n) is 5.39. The molecule has 0 spiro atoms. The van der Waals surface area contributed by atoms with Crippen LogP contribution in [-0.4, -0.2) is 23.0 Å². The molecule has 0 aromatic heterocycles. The molecule has 2 atom stereocenters. The predicted molar refractivity (Wildman–Crippen MR) is 76.5 cm³/mol. The number of rotatable bonds is 4. The molecule has 1 fully saturated rings. The van der Waals surface area contributed by atoms with Crippen LogP contribution in [0.15, 0.2) is 18.2 Å². The van der Waals surface area contributed by atoms with E-state index >= 15 is 0 Å². The number of nitrogens with one attached hydrogen (secondary N) is 1. The summed E-state index contributed by atoms with van der Waals surface area (Å²) in [4.78, 5) is 22.8. The Bertz CT molecular complexity index is 548. The molecular formula is C15H19FN2O3. The lowest BCUT2D eigenvalue weighted by molar-refractivity contribution is -0.142. The number of benzene rings is 1. The van der Waals surface area contributed by atoms with Crippen molar-refractivity contribution < 1.29 is 19.1 Å². The van der Waals surface area contributed by atoms with E-state index in [0.29, 0.717) is 18.5 Å². The molecule has 21 heavy (non-hydrogen) atoms. The van der Waals surface area contributed by atoms with Gasteiger partial charge in [-0.15, -0.1) is 0 Å². The van der Waals surface area contributed by atoms with Crippen LogP contribution in [0.2, 0.25) is 0 Å². The first-order chi connectivity index (χ1) is 9.99. The van der Waals surface area contributed by atoms with Crippen LogP contribution in [-0.2, 0) is 4.79 Å². The fourth-order valence-corrected chi connectivity index (χ4v) is 2.82. The summed E-state index contributed by atoms with van der Waals surface area (Å²) >= 11 is 0. The second kappa shape index (κ2) is 6.56. The predicted octanol–water partition coefficient (Wildman–Crippen LogP) is 2.37. The molecular weight excluding hydrogens is 275 g/mol. The third-order valence-electron chi connectivity index (χ3n) is 3.92. The average molecular weight is 294 g/mol. The van der Waals surface area contributed by atoms with Crippen LogP contribution in [0, 0.1) is 11.7 Å². The normalized spacial score (nSPS) is 22.3. The van der Waals surface area contributed by atoms with Crippen molar-refractivity contribution in [3.63, 3.8) is 0 Å². The Kier molecular flexibility index (Phi) is 4.77. The number of hydrogen-bond donors (Lipinski definition) is 3. The molecule has 0 heterocycles. The van der Waals surface area contributed by atoms with Gasteiger partial charge in [0.25, 0.3) is 5.91 Å². The van der Waals surface area contributed by atoms with Crippen LogP contribution in [0.4, 0.5) is 10.1 Å². The molecule has 1 aromatic rings. The SMILES string of the molecule is NC(=O)c1cc(F)ccc1NC1CCCCCC1C(=O)O. The van der Waals surface area contributed by atoms with Gasteiger partial charge in [0.05, 0.1) is 11.5 Å². The van der Waals surface area contributed by atoms with E-state index in [1.165, 1.54) is 12.1 Å². The van der Waals surface area contributed by atoms with E-state index < -0.39 is 23.6 Å². The number of carbonyl (C=O) groups is 2. The van der Waals surface area contributed by atoms with Crippen LogP contribution in [0.5, 0.6) is 0 Å². The highest BCUT2D eigenvalue weighted by atomic mass is 19.1. The highest BCUT2D eigenvalue weighted by Crippen LogP contribution is 2.28. The van der Waals surface area contributed by atoms with Crippen molar-refractivity contribution in [1.29, 1.82) is 0 Å². The van der Waals surface area contributed by atoms with Crippen molar-refractivity contribution in [3.8, 4) is 0 Å². The highest BCUT2D eigenvalue weighted by molar-refractivity contribution is 5.98. The molecule has 6 heteroatoms. The zero-order valence-corrected chi connectivity index (χ0v) is 11.6. The van der Waals surface area contributed by atoms with Crippen molar-refractivity contribution in [2.24, 2.45) is 11.7 Å². The number of carboxylic acids is 1. The molecule has 0 radical (unpaired) electrons. The van der Waals surface area contributed by atoms with Gasteiger partial charge in [-0.25, -0.2) is 4.39 Å². The summed E-state index contributed by atoms with van der Waals surface area (Å²) in [5.74, 6) is -2.65. The number of amides is 1. The fourth-order valence-electron chi connectivity index (χ4n) is 2.82. The summed E-state index contributed by atoms with van der Waals surface area (Å²) in [5.41, 5.74) is 5.69. The number of nitrogens with two attached hydrogens (primary N) is 1. The Morgan fingerprint density at radius 2 is 1.95 bits per heavy atom. The number of halogens is 1. The molecule has 0 aliphatic heterocycles. The lowest BCUT2D eigenvalue weighted by Crippen LogP contribution is -2.34. The van der Waals surface area contributed by atoms with Crippen molar-refractivity contribution >= 4 is 17.6 Å². The average Bonchev–Trinajstić information content (AvgIpc) is 2.66. The van der Waals surface area contributed by atoms with Gasteiger partial charge in [-0.2, -0.15) is 0 Å². The third-order valence-corrected chi connectivity index (χ3v) is 3.92. The van der Waals surface area contributed by atoms with Crippen LogP contribution >= 0.6 is 0 Å². The van der Waals surface area contributed by atoms with Gasteiger partial charge in [0.15, 0.2) is 0 Å². The number of hydrogen-bond acceptors (Lipinski definition) is 3. The van der Waals surface area contributed by atoms with Crippen molar-refractivity contribution in [2.75, 3.05) is 5.32 Å². The largest absolute Gasteiger partial charge is 0.481 e. The zero-order valence-electron chi connectivity index (χ0n) is 11.6. The minimum atomic E-state index is -0.850. The Morgan fingerprint density at radius 3 is 2.62 bits per heavy atom. The van der Waals surface area contributed by atoms with Gasteiger partial charge in [-0.1, -0.05) is 19.3 Å². The van der Waals surface area contributed by atoms with Crippen LogP contribution < -0.4 is 11.1 Å². The third kappa shape index (κ3) is 3.71. The molecule has 1 aliphatic rings. The molecule has 0 saturated heterocycles. The Hall–Kier alpha value is -2.11. The Balaban J connectivity index is 2.26. The van der Waals surface area contributed by atoms with E-state index in [0.717, 1.165) is 25.3 Å². The van der Waals surface area contributed by atoms with E-state index in [2.05, 4.69) is 5.32 Å². The lowest BCUT2D eigenvalue weighted by atomic mass is 9.94. The van der Waals surface area contributed by atoms with Crippen molar-refractivity contribution in [3.05, 3.63) is 29.6 Å². The minimum absolute atomic E-state index is 0.0448. The molecule has 2 rings (SSSR count). The molecule has 1 aromatic carbocycles. The lowest BCUT2D eigenvalue weighted by Gasteiger charge is -2.25. The van der Waals surface area contributed by atoms with Gasteiger partial charge in [-0.05, 0) is 31.0 Å². The number of anilines is 1. The van der Waals surface area contributed by atoms with Crippen molar-refractivity contribution in [1.82, 2.24) is 0 Å². The molecule has 114 valence electrons. The number of primary amides is 1. The minimum Gasteiger partial charge on any atom is -0.481 e. The van der Waals surface area contributed by atoms with Gasteiger partial charge in [-0.3, -0.25) is 9.59 Å². The van der Waals surface area contributed by atoms with Gasteiger partial charge < -0.3 is 16.2 Å². The van der Waals surface area contributed by atoms with Crippen LogP contribution in [0.25, 0.3) is 0 Å². The smallest absolute Gasteiger partial charge is 0.308 e. The van der Waals surface area contributed by atoms with E-state index in [1.807, 2.05) is 0 Å². The summed E-state index contributed by atoms with van der Waals surface area (Å²) in [6.45, 7) is 0. The summed E-state index contributed by atoms with van der Waals surface area (Å²) in [6.07, 6.45) is 4.09. The van der Waals surface area contributed by atoms with E-state index in [-0.39, 0.29) is 11.6 Å². The summed E-state index contributed by atoms with van der Waals surface area (Å²) < 4.78 is 13.2. The van der Waals surface area contributed by atoms with E-state index in [4.69, 9.17) is 5.73 Å². The first-order valence-electron chi connectivity index (χ1n) is 7.07. The van der Waals surface area contributed by atoms with Crippen molar-refractivity contribution in [2.45, 2.75) is 38.1 Å². The maximum absolute atomic E-state index is 13.2. The van der Waals surface area contributed by atoms with Crippen LogP contribution in [0.3, 0.4) is 0 Å². The Morgan fingerprint density at radius 1 is 1.24 bits per heavy atom. The second-order valence-corrected chi connectivity index (χ2v) is 5.39. The van der Waals surface area contributed by atoms with Crippen LogP contribution in [0.1, 0.15) is 42.5 Å².